The van der Waals surface area contributed by atoms with E-state index in [0.717, 1.165) is 11.6 Å². The highest BCUT2D eigenvalue weighted by atomic mass is 16.5. The van der Waals surface area contributed by atoms with Crippen LogP contribution in [0, 0.1) is 0 Å². The van der Waals surface area contributed by atoms with Crippen LogP contribution >= 0.6 is 0 Å². The maximum atomic E-state index is 13.6. The van der Waals surface area contributed by atoms with Gasteiger partial charge in [0.1, 0.15) is 46.5 Å². The van der Waals surface area contributed by atoms with Crippen molar-refractivity contribution in [2.24, 2.45) is 0 Å². The molecule has 33 heavy (non-hydrogen) atoms. The summed E-state index contributed by atoms with van der Waals surface area (Å²) in [5, 5.41) is 32.5. The number of carbonyl (C=O) groups is 1. The third-order valence-corrected chi connectivity index (χ3v) is 5.91. The number of ether oxygens (including phenoxy) is 3. The summed E-state index contributed by atoms with van der Waals surface area (Å²) in [4.78, 5) is 13.6. The van der Waals surface area contributed by atoms with E-state index in [0.29, 0.717) is 23.3 Å². The topological polar surface area (TPSA) is 105 Å². The molecule has 0 saturated heterocycles. The van der Waals surface area contributed by atoms with Crippen molar-refractivity contribution in [2.75, 3.05) is 13.7 Å². The van der Waals surface area contributed by atoms with Crippen LogP contribution in [-0.2, 0) is 12.0 Å². The predicted octanol–water partition coefficient (Wildman–Crippen LogP) is 4.26. The summed E-state index contributed by atoms with van der Waals surface area (Å²) in [5.74, 6) is -0.467. The Morgan fingerprint density at radius 3 is 2.61 bits per heavy atom. The first-order chi connectivity index (χ1) is 15.5. The van der Waals surface area contributed by atoms with Gasteiger partial charge in [-0.15, -0.1) is 0 Å². The lowest BCUT2D eigenvalue weighted by Gasteiger charge is -2.36. The number of aliphatic hydroxyl groups is 1. The van der Waals surface area contributed by atoms with E-state index >= 15 is 0 Å². The molecule has 7 nitrogen and oxygen atoms in total. The van der Waals surface area contributed by atoms with Crippen LogP contribution in [0.25, 0.3) is 6.08 Å². The lowest BCUT2D eigenvalue weighted by Crippen LogP contribution is -2.45. The highest BCUT2D eigenvalue weighted by Gasteiger charge is 2.49. The minimum Gasteiger partial charge on any atom is -0.507 e. The number of phenolic OH excluding ortho intramolecular Hbond substituents is 2. The molecule has 0 saturated carbocycles. The van der Waals surface area contributed by atoms with Gasteiger partial charge >= 0.3 is 0 Å². The Hall–Kier alpha value is -3.45. The van der Waals surface area contributed by atoms with Gasteiger partial charge in [0.15, 0.2) is 5.60 Å². The summed E-state index contributed by atoms with van der Waals surface area (Å²) in [5.41, 5.74) is -0.606. The number of Topliss-reactive ketones (excluding diaryl/α,β-unsaturated/α-hetero) is 1. The smallest absolute Gasteiger partial charge is 0.210 e. The molecular weight excluding hydrogens is 424 g/mol. The van der Waals surface area contributed by atoms with E-state index in [2.05, 4.69) is 0 Å². The molecule has 7 heteroatoms. The molecule has 0 fully saturated rings. The fourth-order valence-electron chi connectivity index (χ4n) is 4.18. The lowest BCUT2D eigenvalue weighted by atomic mass is 9.81. The third kappa shape index (κ3) is 3.72. The maximum absolute atomic E-state index is 13.6. The van der Waals surface area contributed by atoms with Gasteiger partial charge in [0.25, 0.3) is 0 Å². The normalized spacial score (nSPS) is 20.2. The molecule has 174 valence electrons. The molecule has 0 radical (unpaired) electrons. The van der Waals surface area contributed by atoms with Gasteiger partial charge in [0.05, 0.1) is 12.7 Å². The molecule has 1 unspecified atom stereocenters. The van der Waals surface area contributed by atoms with Crippen LogP contribution in [0.1, 0.15) is 54.7 Å². The Morgan fingerprint density at radius 1 is 1.21 bits per heavy atom. The second-order valence-corrected chi connectivity index (χ2v) is 9.16. The van der Waals surface area contributed by atoms with Gasteiger partial charge in [-0.2, -0.15) is 0 Å². The van der Waals surface area contributed by atoms with Gasteiger partial charge in [0, 0.05) is 17.2 Å². The number of benzene rings is 2. The molecule has 4 rings (SSSR count). The zero-order chi connectivity index (χ0) is 24.1. The third-order valence-electron chi connectivity index (χ3n) is 5.91. The Balaban J connectivity index is 1.85. The van der Waals surface area contributed by atoms with Crippen molar-refractivity contribution in [1.82, 2.24) is 0 Å². The average molecular weight is 453 g/mol. The van der Waals surface area contributed by atoms with Gasteiger partial charge in [0.2, 0.25) is 5.78 Å². The number of carbonyl (C=O) groups excluding carboxylic acids is 1. The highest BCUT2D eigenvalue weighted by molar-refractivity contribution is 6.09. The van der Waals surface area contributed by atoms with E-state index in [-0.39, 0.29) is 28.4 Å². The molecule has 3 N–H and O–H groups in total. The molecule has 0 aromatic heterocycles. The largest absolute Gasteiger partial charge is 0.507 e. The first-order valence-electron chi connectivity index (χ1n) is 10.7. The van der Waals surface area contributed by atoms with E-state index in [1.165, 1.54) is 7.11 Å². The number of hydrogen-bond acceptors (Lipinski definition) is 7. The van der Waals surface area contributed by atoms with Crippen molar-refractivity contribution in [3.8, 4) is 28.7 Å². The molecule has 0 aliphatic carbocycles. The molecule has 1 atom stereocenters. The number of allylic oxidation sites excluding steroid dienone is 2. The van der Waals surface area contributed by atoms with Crippen LogP contribution in [0.3, 0.4) is 0 Å². The quantitative estimate of drug-likeness (QED) is 0.595. The molecular formula is C26H28O7. The SMILES string of the molecule is COc1c(C2(O)COc3c(CC=C(C)C)c(O)cc(O)c3C2=O)ccc2c1C=CC(C)(C)O2. The fourth-order valence-corrected chi connectivity index (χ4v) is 4.18. The number of ketones is 1. The number of phenols is 2. The molecule has 0 spiro atoms. The predicted molar refractivity (Wildman–Crippen MR) is 123 cm³/mol. The number of methoxy groups -OCH3 is 1. The fraction of sp³-hybridized carbons (Fsp3) is 0.346. The van der Waals surface area contributed by atoms with Crippen molar-refractivity contribution in [2.45, 2.75) is 45.3 Å². The second-order valence-electron chi connectivity index (χ2n) is 9.16. The molecule has 2 aromatic carbocycles. The Labute approximate surface area is 192 Å². The molecule has 2 aromatic rings. The minimum absolute atomic E-state index is 0.0709. The Bertz CT molecular complexity index is 1200. The van der Waals surface area contributed by atoms with E-state index < -0.39 is 29.3 Å². The van der Waals surface area contributed by atoms with Crippen molar-refractivity contribution in [3.05, 3.63) is 58.2 Å². The lowest BCUT2D eigenvalue weighted by molar-refractivity contribution is -0.00708. The average Bonchev–Trinajstić information content (AvgIpc) is 2.73. The van der Waals surface area contributed by atoms with Crippen molar-refractivity contribution in [1.29, 1.82) is 0 Å². The van der Waals surface area contributed by atoms with Crippen LogP contribution in [0.5, 0.6) is 28.7 Å². The van der Waals surface area contributed by atoms with Gasteiger partial charge < -0.3 is 29.5 Å². The summed E-state index contributed by atoms with van der Waals surface area (Å²) < 4.78 is 17.4. The Kier molecular flexibility index (Phi) is 5.41. The molecule has 2 aliphatic heterocycles. The number of rotatable bonds is 4. The molecule has 0 amide bonds. The molecule has 0 bridgehead atoms. The second kappa shape index (κ2) is 7.85. The van der Waals surface area contributed by atoms with Crippen molar-refractivity contribution < 1.29 is 34.3 Å². The van der Waals surface area contributed by atoms with Crippen molar-refractivity contribution in [3.63, 3.8) is 0 Å². The summed E-state index contributed by atoms with van der Waals surface area (Å²) in [6, 6.07) is 4.35. The summed E-state index contributed by atoms with van der Waals surface area (Å²) >= 11 is 0. The molecule has 2 aliphatic rings. The van der Waals surface area contributed by atoms with Gasteiger partial charge in [-0.05, 0) is 58.4 Å². The van der Waals surface area contributed by atoms with E-state index in [1.54, 1.807) is 12.1 Å². The van der Waals surface area contributed by atoms with Crippen LogP contribution in [-0.4, -0.2) is 40.4 Å². The van der Waals surface area contributed by atoms with Gasteiger partial charge in [-0.25, -0.2) is 0 Å². The Morgan fingerprint density at radius 2 is 1.94 bits per heavy atom. The van der Waals surface area contributed by atoms with Crippen LogP contribution in [0.2, 0.25) is 0 Å². The van der Waals surface area contributed by atoms with Crippen LogP contribution < -0.4 is 14.2 Å². The van der Waals surface area contributed by atoms with Gasteiger partial charge in [-0.1, -0.05) is 11.6 Å². The number of fused-ring (bicyclic) bond motifs is 2. The maximum Gasteiger partial charge on any atom is 0.210 e. The zero-order valence-electron chi connectivity index (χ0n) is 19.4. The first-order valence-corrected chi connectivity index (χ1v) is 10.7. The minimum atomic E-state index is -2.11. The number of hydrogen-bond donors (Lipinski definition) is 3. The first kappa shape index (κ1) is 22.7. The summed E-state index contributed by atoms with van der Waals surface area (Å²) in [6.07, 6.45) is 5.88. The van der Waals surface area contributed by atoms with Crippen LogP contribution in [0.15, 0.2) is 35.9 Å². The standard InChI is InChI=1S/C26H28O7/c1-14(2)6-7-15-18(27)12-19(28)21-23(15)32-13-26(30,24(21)29)17-8-9-20-16(22(17)31-5)10-11-25(3,4)33-20/h6,8-12,27-28,30H,7,13H2,1-5H3. The highest BCUT2D eigenvalue weighted by Crippen LogP contribution is 2.49. The molecule has 2 heterocycles. The van der Waals surface area contributed by atoms with E-state index in [1.807, 2.05) is 45.9 Å². The van der Waals surface area contributed by atoms with E-state index in [9.17, 15) is 20.1 Å². The monoisotopic (exact) mass is 452 g/mol. The van der Waals surface area contributed by atoms with Gasteiger partial charge in [-0.3, -0.25) is 4.79 Å². The zero-order valence-corrected chi connectivity index (χ0v) is 19.4. The van der Waals surface area contributed by atoms with Crippen LogP contribution in [0.4, 0.5) is 0 Å². The number of aromatic hydroxyl groups is 2. The summed E-state index contributed by atoms with van der Waals surface area (Å²) in [7, 11) is 1.45. The van der Waals surface area contributed by atoms with Crippen molar-refractivity contribution >= 4 is 11.9 Å². The summed E-state index contributed by atoms with van der Waals surface area (Å²) in [6.45, 7) is 7.25. The van der Waals surface area contributed by atoms with E-state index in [4.69, 9.17) is 14.2 Å².